The summed E-state index contributed by atoms with van der Waals surface area (Å²) in [5.74, 6) is -0.391. The van der Waals surface area contributed by atoms with Gasteiger partial charge < -0.3 is 9.15 Å². The van der Waals surface area contributed by atoms with Gasteiger partial charge >= 0.3 is 5.97 Å². The van der Waals surface area contributed by atoms with Gasteiger partial charge in [-0.05, 0) is 12.1 Å². The maximum atomic E-state index is 11.7. The Bertz CT molecular complexity index is 493. The third kappa shape index (κ3) is 2.67. The molecule has 2 rings (SSSR count). The van der Waals surface area contributed by atoms with Crippen molar-refractivity contribution in [2.24, 2.45) is 0 Å². The average Bonchev–Trinajstić information content (AvgIpc) is 2.79. The second-order valence-electron chi connectivity index (χ2n) is 3.89. The number of hydrogen-bond donors (Lipinski definition) is 1. The second kappa shape index (κ2) is 4.50. The Kier molecular flexibility index (Phi) is 3.21. The van der Waals surface area contributed by atoms with Crippen molar-refractivity contribution >= 4 is 15.8 Å². The van der Waals surface area contributed by atoms with Crippen molar-refractivity contribution in [2.75, 3.05) is 18.6 Å². The number of ether oxygens (including phenoxy) is 1. The van der Waals surface area contributed by atoms with Gasteiger partial charge in [-0.3, -0.25) is 10.1 Å². The van der Waals surface area contributed by atoms with Crippen LogP contribution in [0.15, 0.2) is 22.8 Å². The summed E-state index contributed by atoms with van der Waals surface area (Å²) in [6.45, 7) is 0. The summed E-state index contributed by atoms with van der Waals surface area (Å²) in [4.78, 5) is 11.4. The molecule has 2 heterocycles. The molecule has 1 N–H and O–H groups in total. The molecule has 1 aromatic rings. The molecule has 2 atom stereocenters. The van der Waals surface area contributed by atoms with Gasteiger partial charge in [-0.15, -0.1) is 0 Å². The van der Waals surface area contributed by atoms with Crippen molar-refractivity contribution in [1.82, 2.24) is 5.32 Å². The lowest BCUT2D eigenvalue weighted by atomic mass is 10.2. The standard InChI is InChI=1S/C10H13NO5S/c1-15-10(12)8-6-17(13,14)5-7(11-8)9-3-2-4-16-9/h2-4,7-8,11H,5-6H2,1H3. The van der Waals surface area contributed by atoms with Gasteiger partial charge in [0.25, 0.3) is 0 Å². The number of nitrogens with one attached hydrogen (secondary N) is 1. The van der Waals surface area contributed by atoms with Crippen LogP contribution in [0.25, 0.3) is 0 Å². The molecule has 0 aliphatic carbocycles. The van der Waals surface area contributed by atoms with Crippen molar-refractivity contribution in [1.29, 1.82) is 0 Å². The molecule has 0 aromatic carbocycles. The number of sulfone groups is 1. The molecule has 0 radical (unpaired) electrons. The lowest BCUT2D eigenvalue weighted by molar-refractivity contribution is -0.142. The molecule has 6 nitrogen and oxygen atoms in total. The normalized spacial score (nSPS) is 27.6. The minimum Gasteiger partial charge on any atom is -0.468 e. The molecule has 1 aliphatic heterocycles. The Labute approximate surface area is 98.9 Å². The van der Waals surface area contributed by atoms with Crippen LogP contribution < -0.4 is 5.32 Å². The van der Waals surface area contributed by atoms with E-state index in [1.807, 2.05) is 0 Å². The molecule has 0 spiro atoms. The molecule has 17 heavy (non-hydrogen) atoms. The average molecular weight is 259 g/mol. The Morgan fingerprint density at radius 1 is 1.53 bits per heavy atom. The molecule has 1 saturated heterocycles. The number of carbonyl (C=O) groups is 1. The summed E-state index contributed by atoms with van der Waals surface area (Å²) in [5.41, 5.74) is 0. The topological polar surface area (TPSA) is 85.6 Å². The molecule has 94 valence electrons. The van der Waals surface area contributed by atoms with E-state index in [4.69, 9.17) is 4.42 Å². The predicted octanol–water partition coefficient (Wildman–Crippen LogP) is -0.120. The molecular formula is C10H13NO5S. The lowest BCUT2D eigenvalue weighted by Crippen LogP contribution is -2.51. The minimum absolute atomic E-state index is 0.0754. The van der Waals surface area contributed by atoms with Crippen LogP contribution in [0, 0.1) is 0 Å². The molecule has 7 heteroatoms. The van der Waals surface area contributed by atoms with Crippen molar-refractivity contribution in [3.05, 3.63) is 24.2 Å². The number of hydrogen-bond acceptors (Lipinski definition) is 6. The van der Waals surface area contributed by atoms with E-state index in [2.05, 4.69) is 10.1 Å². The van der Waals surface area contributed by atoms with E-state index in [9.17, 15) is 13.2 Å². The SMILES string of the molecule is COC(=O)C1CS(=O)(=O)CC(c2ccco2)N1. The van der Waals surface area contributed by atoms with Gasteiger partial charge in [0.05, 0.1) is 30.9 Å². The van der Waals surface area contributed by atoms with Crippen molar-refractivity contribution in [2.45, 2.75) is 12.1 Å². The van der Waals surface area contributed by atoms with E-state index >= 15 is 0 Å². The van der Waals surface area contributed by atoms with Gasteiger partial charge in [0.2, 0.25) is 0 Å². The van der Waals surface area contributed by atoms with Crippen LogP contribution in [0.3, 0.4) is 0 Å². The first kappa shape index (κ1) is 12.1. The van der Waals surface area contributed by atoms with E-state index < -0.39 is 27.9 Å². The summed E-state index contributed by atoms with van der Waals surface area (Å²) in [7, 11) is -2.06. The smallest absolute Gasteiger partial charge is 0.323 e. The highest BCUT2D eigenvalue weighted by atomic mass is 32.2. The van der Waals surface area contributed by atoms with Gasteiger partial charge in [0.1, 0.15) is 11.8 Å². The number of methoxy groups -OCH3 is 1. The van der Waals surface area contributed by atoms with E-state index in [-0.39, 0.29) is 11.5 Å². The zero-order valence-corrected chi connectivity index (χ0v) is 10.1. The minimum atomic E-state index is -3.29. The molecule has 0 saturated carbocycles. The summed E-state index contributed by atoms with van der Waals surface area (Å²) in [6, 6.07) is 2.00. The largest absolute Gasteiger partial charge is 0.468 e. The van der Waals surface area contributed by atoms with Crippen LogP contribution in [0.1, 0.15) is 11.8 Å². The molecular weight excluding hydrogens is 246 g/mol. The first-order valence-corrected chi connectivity index (χ1v) is 6.91. The zero-order chi connectivity index (χ0) is 12.5. The second-order valence-corrected chi connectivity index (χ2v) is 6.04. The fourth-order valence-corrected chi connectivity index (χ4v) is 3.49. The van der Waals surface area contributed by atoms with Gasteiger partial charge in [-0.1, -0.05) is 0 Å². The van der Waals surface area contributed by atoms with Gasteiger partial charge in [-0.25, -0.2) is 8.42 Å². The van der Waals surface area contributed by atoms with Gasteiger partial charge in [0, 0.05) is 0 Å². The summed E-state index contributed by atoms with van der Waals surface area (Å²) in [6.07, 6.45) is 1.46. The van der Waals surface area contributed by atoms with E-state index in [0.717, 1.165) is 0 Å². The van der Waals surface area contributed by atoms with Crippen LogP contribution in [0.5, 0.6) is 0 Å². The quantitative estimate of drug-likeness (QED) is 0.745. The van der Waals surface area contributed by atoms with E-state index in [1.165, 1.54) is 13.4 Å². The monoisotopic (exact) mass is 259 g/mol. The number of furan rings is 1. The Balaban J connectivity index is 2.22. The van der Waals surface area contributed by atoms with Crippen LogP contribution in [-0.4, -0.2) is 39.0 Å². The first-order chi connectivity index (χ1) is 8.02. The molecule has 1 aliphatic rings. The van der Waals surface area contributed by atoms with Crippen LogP contribution in [0.4, 0.5) is 0 Å². The maximum absolute atomic E-state index is 11.7. The highest BCUT2D eigenvalue weighted by Crippen LogP contribution is 2.21. The van der Waals surface area contributed by atoms with Crippen molar-refractivity contribution < 1.29 is 22.4 Å². The fraction of sp³-hybridized carbons (Fsp3) is 0.500. The highest BCUT2D eigenvalue weighted by molar-refractivity contribution is 7.91. The fourth-order valence-electron chi connectivity index (χ4n) is 1.85. The highest BCUT2D eigenvalue weighted by Gasteiger charge is 2.37. The van der Waals surface area contributed by atoms with Crippen LogP contribution in [0.2, 0.25) is 0 Å². The Morgan fingerprint density at radius 2 is 2.29 bits per heavy atom. The lowest BCUT2D eigenvalue weighted by Gasteiger charge is -2.27. The number of rotatable bonds is 2. The molecule has 1 fully saturated rings. The summed E-state index contributed by atoms with van der Waals surface area (Å²) < 4.78 is 33.1. The third-order valence-corrected chi connectivity index (χ3v) is 4.30. The Morgan fingerprint density at radius 3 is 2.88 bits per heavy atom. The first-order valence-electron chi connectivity index (χ1n) is 5.09. The third-order valence-electron chi connectivity index (χ3n) is 2.62. The van der Waals surface area contributed by atoms with E-state index in [0.29, 0.717) is 5.76 Å². The van der Waals surface area contributed by atoms with Gasteiger partial charge in [0.15, 0.2) is 9.84 Å². The van der Waals surface area contributed by atoms with Crippen LogP contribution in [-0.2, 0) is 19.4 Å². The number of esters is 1. The molecule has 0 bridgehead atoms. The molecule has 0 amide bonds. The Hall–Kier alpha value is -1.34. The maximum Gasteiger partial charge on any atom is 0.323 e. The zero-order valence-electron chi connectivity index (χ0n) is 9.25. The summed E-state index contributed by atoms with van der Waals surface area (Å²) >= 11 is 0. The van der Waals surface area contributed by atoms with Crippen molar-refractivity contribution in [3.63, 3.8) is 0 Å². The summed E-state index contributed by atoms with van der Waals surface area (Å²) in [5, 5.41) is 2.91. The number of carbonyl (C=O) groups excluding carboxylic acids is 1. The molecule has 2 unspecified atom stereocenters. The molecule has 1 aromatic heterocycles. The van der Waals surface area contributed by atoms with Gasteiger partial charge in [-0.2, -0.15) is 0 Å². The predicted molar refractivity (Wildman–Crippen MR) is 59.0 cm³/mol. The van der Waals surface area contributed by atoms with E-state index in [1.54, 1.807) is 12.1 Å². The van der Waals surface area contributed by atoms with Crippen molar-refractivity contribution in [3.8, 4) is 0 Å². The van der Waals surface area contributed by atoms with Crippen LogP contribution >= 0.6 is 0 Å².